The molecule has 0 fully saturated rings. The lowest BCUT2D eigenvalue weighted by atomic mass is 9.99. The molecule has 0 aromatic heterocycles. The average molecular weight is 280 g/mol. The highest BCUT2D eigenvalue weighted by Crippen LogP contribution is 2.29. The summed E-state index contributed by atoms with van der Waals surface area (Å²) in [7, 11) is 0. The van der Waals surface area contributed by atoms with Crippen LogP contribution < -0.4 is 5.73 Å². The van der Waals surface area contributed by atoms with Crippen LogP contribution in [0.15, 0.2) is 36.4 Å². The SMILES string of the molecule is NC(COCC(=O)O)c1ccc(Cl)c2ccccc12. The van der Waals surface area contributed by atoms with E-state index in [2.05, 4.69) is 0 Å². The fourth-order valence-corrected chi connectivity index (χ4v) is 2.20. The number of carboxylic acids is 1. The van der Waals surface area contributed by atoms with Gasteiger partial charge in [-0.15, -0.1) is 0 Å². The van der Waals surface area contributed by atoms with E-state index in [0.29, 0.717) is 5.02 Å². The highest BCUT2D eigenvalue weighted by molar-refractivity contribution is 6.35. The molecule has 0 aliphatic heterocycles. The fraction of sp³-hybridized carbons (Fsp3) is 0.214. The Morgan fingerprint density at radius 1 is 1.26 bits per heavy atom. The van der Waals surface area contributed by atoms with Crippen LogP contribution in [0.1, 0.15) is 11.6 Å². The molecule has 2 aromatic rings. The molecule has 2 rings (SSSR count). The highest BCUT2D eigenvalue weighted by atomic mass is 35.5. The van der Waals surface area contributed by atoms with Gasteiger partial charge in [-0.3, -0.25) is 0 Å². The lowest BCUT2D eigenvalue weighted by molar-refractivity contribution is -0.142. The van der Waals surface area contributed by atoms with Crippen LogP contribution in [0.5, 0.6) is 0 Å². The van der Waals surface area contributed by atoms with Gasteiger partial charge in [0.1, 0.15) is 6.61 Å². The number of halogens is 1. The van der Waals surface area contributed by atoms with Crippen molar-refractivity contribution in [1.82, 2.24) is 0 Å². The van der Waals surface area contributed by atoms with Crippen LogP contribution in [0, 0.1) is 0 Å². The summed E-state index contributed by atoms with van der Waals surface area (Å²) < 4.78 is 5.03. The number of hydrogen-bond donors (Lipinski definition) is 2. The normalized spacial score (nSPS) is 12.5. The first-order valence-electron chi connectivity index (χ1n) is 5.82. The van der Waals surface area contributed by atoms with E-state index in [0.717, 1.165) is 16.3 Å². The molecule has 0 aliphatic rings. The minimum Gasteiger partial charge on any atom is -0.480 e. The van der Waals surface area contributed by atoms with Gasteiger partial charge in [0.05, 0.1) is 12.6 Å². The maximum atomic E-state index is 10.4. The number of aliphatic carboxylic acids is 1. The van der Waals surface area contributed by atoms with Gasteiger partial charge in [0, 0.05) is 10.4 Å². The zero-order valence-corrected chi connectivity index (χ0v) is 10.9. The molecule has 0 saturated heterocycles. The standard InChI is InChI=1S/C14H14ClNO3/c15-12-6-5-11(9-3-1-2-4-10(9)12)13(16)7-19-8-14(17)18/h1-6,13H,7-8,16H2,(H,17,18). The predicted molar refractivity (Wildman–Crippen MR) is 74.3 cm³/mol. The minimum absolute atomic E-state index is 0.151. The number of nitrogens with two attached hydrogens (primary N) is 1. The number of fused-ring (bicyclic) bond motifs is 1. The first-order valence-corrected chi connectivity index (χ1v) is 6.19. The Morgan fingerprint density at radius 2 is 1.95 bits per heavy atom. The summed E-state index contributed by atoms with van der Waals surface area (Å²) in [4.78, 5) is 10.4. The Hall–Kier alpha value is -1.62. The largest absolute Gasteiger partial charge is 0.480 e. The van der Waals surface area contributed by atoms with Crippen LogP contribution in [-0.4, -0.2) is 24.3 Å². The van der Waals surface area contributed by atoms with Gasteiger partial charge in [-0.2, -0.15) is 0 Å². The number of benzene rings is 2. The van der Waals surface area contributed by atoms with Crippen molar-refractivity contribution < 1.29 is 14.6 Å². The van der Waals surface area contributed by atoms with E-state index < -0.39 is 5.97 Å². The molecule has 0 saturated carbocycles. The Morgan fingerprint density at radius 3 is 2.63 bits per heavy atom. The van der Waals surface area contributed by atoms with Gasteiger partial charge in [0.2, 0.25) is 0 Å². The van der Waals surface area contributed by atoms with E-state index in [1.54, 1.807) is 6.07 Å². The third-order valence-corrected chi connectivity index (χ3v) is 3.16. The number of ether oxygens (including phenoxy) is 1. The third kappa shape index (κ3) is 3.23. The summed E-state index contributed by atoms with van der Waals surface area (Å²) in [6, 6.07) is 10.9. The van der Waals surface area contributed by atoms with E-state index in [-0.39, 0.29) is 19.3 Å². The Kier molecular flexibility index (Phi) is 4.37. The molecule has 1 atom stereocenters. The van der Waals surface area contributed by atoms with Crippen molar-refractivity contribution in [3.05, 3.63) is 47.0 Å². The molecular weight excluding hydrogens is 266 g/mol. The van der Waals surface area contributed by atoms with Crippen molar-refractivity contribution in [1.29, 1.82) is 0 Å². The number of rotatable bonds is 5. The van der Waals surface area contributed by atoms with Crippen LogP contribution in [0.2, 0.25) is 5.02 Å². The summed E-state index contributed by atoms with van der Waals surface area (Å²) in [5.74, 6) is -1.01. The maximum Gasteiger partial charge on any atom is 0.329 e. The molecule has 0 aliphatic carbocycles. The quantitative estimate of drug-likeness (QED) is 0.882. The van der Waals surface area contributed by atoms with E-state index in [9.17, 15) is 4.79 Å². The van der Waals surface area contributed by atoms with Gasteiger partial charge in [0.15, 0.2) is 0 Å². The lowest BCUT2D eigenvalue weighted by Crippen LogP contribution is -2.20. The van der Waals surface area contributed by atoms with Crippen LogP contribution in [0.3, 0.4) is 0 Å². The first-order chi connectivity index (χ1) is 9.09. The monoisotopic (exact) mass is 279 g/mol. The van der Waals surface area contributed by atoms with Gasteiger partial charge in [-0.05, 0) is 17.0 Å². The predicted octanol–water partition coefficient (Wildman–Crippen LogP) is 2.59. The topological polar surface area (TPSA) is 72.5 Å². The Balaban J connectivity index is 2.24. The summed E-state index contributed by atoms with van der Waals surface area (Å²) >= 11 is 6.13. The molecular formula is C14H14ClNO3. The molecule has 1 unspecified atom stereocenters. The summed E-state index contributed by atoms with van der Waals surface area (Å²) in [5, 5.41) is 11.1. The molecule has 0 heterocycles. The van der Waals surface area contributed by atoms with Gasteiger partial charge >= 0.3 is 5.97 Å². The van der Waals surface area contributed by atoms with Crippen LogP contribution in [0.25, 0.3) is 10.8 Å². The number of hydrogen-bond acceptors (Lipinski definition) is 3. The molecule has 0 radical (unpaired) electrons. The van der Waals surface area contributed by atoms with Gasteiger partial charge < -0.3 is 15.6 Å². The second-order valence-corrected chi connectivity index (χ2v) is 4.60. The molecule has 3 N–H and O–H groups in total. The summed E-state index contributed by atoms with van der Waals surface area (Å²) in [6.45, 7) is -0.197. The van der Waals surface area contributed by atoms with Crippen molar-refractivity contribution in [2.45, 2.75) is 6.04 Å². The lowest BCUT2D eigenvalue weighted by Gasteiger charge is -2.15. The summed E-state index contributed by atoms with van der Waals surface area (Å²) in [5.41, 5.74) is 6.93. The zero-order valence-electron chi connectivity index (χ0n) is 10.2. The van der Waals surface area contributed by atoms with Gasteiger partial charge in [-0.1, -0.05) is 41.9 Å². The Labute approximate surface area is 115 Å². The van der Waals surface area contributed by atoms with Gasteiger partial charge in [0.25, 0.3) is 0 Å². The van der Waals surface area contributed by atoms with Crippen LogP contribution in [-0.2, 0) is 9.53 Å². The van der Waals surface area contributed by atoms with Gasteiger partial charge in [-0.25, -0.2) is 4.79 Å². The second-order valence-electron chi connectivity index (χ2n) is 4.20. The second kappa shape index (κ2) is 6.02. The van der Waals surface area contributed by atoms with Crippen molar-refractivity contribution in [3.63, 3.8) is 0 Å². The molecule has 100 valence electrons. The third-order valence-electron chi connectivity index (χ3n) is 2.83. The fourth-order valence-electron chi connectivity index (χ4n) is 1.97. The van der Waals surface area contributed by atoms with E-state index in [1.807, 2.05) is 30.3 Å². The minimum atomic E-state index is -1.01. The Bertz CT molecular complexity index is 600. The van der Waals surface area contributed by atoms with Crippen LogP contribution in [0.4, 0.5) is 0 Å². The van der Waals surface area contributed by atoms with Crippen molar-refractivity contribution in [2.75, 3.05) is 13.2 Å². The van der Waals surface area contributed by atoms with E-state index >= 15 is 0 Å². The smallest absolute Gasteiger partial charge is 0.329 e. The molecule has 5 heteroatoms. The van der Waals surface area contributed by atoms with E-state index in [4.69, 9.17) is 27.2 Å². The van der Waals surface area contributed by atoms with Crippen molar-refractivity contribution >= 4 is 28.3 Å². The molecule has 0 bridgehead atoms. The zero-order chi connectivity index (χ0) is 13.8. The molecule has 0 spiro atoms. The van der Waals surface area contributed by atoms with E-state index in [1.165, 1.54) is 0 Å². The number of carboxylic acid groups (broad SMARTS) is 1. The van der Waals surface area contributed by atoms with Crippen molar-refractivity contribution in [2.24, 2.45) is 5.73 Å². The van der Waals surface area contributed by atoms with Crippen LogP contribution >= 0.6 is 11.6 Å². The first kappa shape index (κ1) is 13.8. The molecule has 4 nitrogen and oxygen atoms in total. The average Bonchev–Trinajstić information content (AvgIpc) is 2.39. The molecule has 19 heavy (non-hydrogen) atoms. The highest BCUT2D eigenvalue weighted by Gasteiger charge is 2.12. The maximum absolute atomic E-state index is 10.4. The molecule has 0 amide bonds. The number of carbonyl (C=O) groups is 1. The van der Waals surface area contributed by atoms with Crippen molar-refractivity contribution in [3.8, 4) is 0 Å². The molecule has 2 aromatic carbocycles. The summed E-state index contributed by atoms with van der Waals surface area (Å²) in [6.07, 6.45) is 0.